The summed E-state index contributed by atoms with van der Waals surface area (Å²) in [5.74, 6) is 0.576. The molecule has 6 heteroatoms. The molecule has 78 valence electrons. The van der Waals surface area contributed by atoms with E-state index in [0.717, 1.165) is 0 Å². The normalized spacial score (nSPS) is 11.0. The Morgan fingerprint density at radius 3 is 2.50 bits per heavy atom. The summed E-state index contributed by atoms with van der Waals surface area (Å²) in [6.07, 6.45) is 0. The first-order chi connectivity index (χ1) is 6.58. The highest BCUT2D eigenvalue weighted by molar-refractivity contribution is 7.83. The zero-order valence-electron chi connectivity index (χ0n) is 7.23. The number of benzene rings is 1. The molecule has 0 aromatic heterocycles. The molecule has 1 aromatic carbocycles. The van der Waals surface area contributed by atoms with Crippen LogP contribution in [0.2, 0.25) is 0 Å². The van der Waals surface area contributed by atoms with Gasteiger partial charge in [-0.1, -0.05) is 26.0 Å². The Morgan fingerprint density at radius 2 is 1.93 bits per heavy atom. The highest BCUT2D eigenvalue weighted by atomic mass is 32.3. The van der Waals surface area contributed by atoms with E-state index in [9.17, 15) is 12.0 Å². The minimum Gasteiger partial charge on any atom is -0.492 e. The molecule has 14 heavy (non-hydrogen) atoms. The van der Waals surface area contributed by atoms with Crippen LogP contribution in [-0.4, -0.2) is 17.4 Å². The third-order valence-corrected chi connectivity index (χ3v) is 1.83. The van der Waals surface area contributed by atoms with Crippen molar-refractivity contribution >= 4 is 10.5 Å². The Labute approximate surface area is 81.5 Å². The van der Waals surface area contributed by atoms with Crippen LogP contribution in [0.15, 0.2) is 34.7 Å². The Morgan fingerprint density at radius 1 is 1.29 bits per heavy atom. The van der Waals surface area contributed by atoms with Crippen molar-refractivity contribution in [3.05, 3.63) is 30.3 Å². The quantitative estimate of drug-likeness (QED) is 0.578. The molecular weight excluding hydrogens is 212 g/mol. The van der Waals surface area contributed by atoms with Gasteiger partial charge in [-0.2, -0.15) is 8.57 Å². The van der Waals surface area contributed by atoms with Gasteiger partial charge in [0.2, 0.25) is 0 Å². The molecule has 0 saturated carbocycles. The first kappa shape index (κ1) is 10.9. The number of nitrogens with zero attached hydrogens (tertiary/aromatic N) is 1. The summed E-state index contributed by atoms with van der Waals surface area (Å²) >= 11 is 0. The molecule has 0 N–H and O–H groups in total. The van der Waals surface area contributed by atoms with E-state index in [-0.39, 0.29) is 13.2 Å². The molecule has 1 aromatic rings. The maximum absolute atomic E-state index is 11.8. The second-order valence-corrected chi connectivity index (χ2v) is 3.46. The smallest absolute Gasteiger partial charge is 0.366 e. The van der Waals surface area contributed by atoms with Crippen molar-refractivity contribution in [1.82, 2.24) is 0 Å². The molecule has 0 fully saturated rings. The third-order valence-electron chi connectivity index (χ3n) is 1.34. The molecule has 0 unspecified atom stereocenters. The van der Waals surface area contributed by atoms with Gasteiger partial charge < -0.3 is 4.74 Å². The molecule has 1 rings (SSSR count). The van der Waals surface area contributed by atoms with Crippen LogP contribution in [0.1, 0.15) is 0 Å². The van der Waals surface area contributed by atoms with Crippen LogP contribution in [-0.2, 0) is 10.5 Å². The molecule has 0 aliphatic carbocycles. The topological polar surface area (TPSA) is 38.7 Å². The molecule has 0 saturated heterocycles. The molecule has 0 spiro atoms. The monoisotopic (exact) mass is 221 g/mol. The van der Waals surface area contributed by atoms with Gasteiger partial charge in [-0.25, -0.2) is 0 Å². The fourth-order valence-electron chi connectivity index (χ4n) is 0.824. The van der Waals surface area contributed by atoms with Crippen LogP contribution in [0.3, 0.4) is 0 Å². The predicted molar refractivity (Wildman–Crippen MR) is 49.6 cm³/mol. The summed E-state index contributed by atoms with van der Waals surface area (Å²) in [6, 6.07) is 8.73. The predicted octanol–water partition coefficient (Wildman–Crippen LogP) is 2.30. The van der Waals surface area contributed by atoms with E-state index in [1.54, 1.807) is 24.3 Å². The maximum atomic E-state index is 11.8. The van der Waals surface area contributed by atoms with E-state index in [1.807, 2.05) is 6.07 Å². The highest BCUT2D eigenvalue weighted by Crippen LogP contribution is 2.08. The lowest BCUT2D eigenvalue weighted by atomic mass is 10.3. The van der Waals surface area contributed by atoms with Crippen LogP contribution < -0.4 is 4.74 Å². The summed E-state index contributed by atoms with van der Waals surface area (Å²) in [5, 5.41) is 0. The maximum Gasteiger partial charge on any atom is 0.366 e. The van der Waals surface area contributed by atoms with Crippen molar-refractivity contribution in [2.45, 2.75) is 0 Å². The van der Waals surface area contributed by atoms with E-state index < -0.39 is 10.5 Å². The van der Waals surface area contributed by atoms with E-state index in [1.165, 1.54) is 0 Å². The van der Waals surface area contributed by atoms with Gasteiger partial charge in [-0.3, -0.25) is 0 Å². The summed E-state index contributed by atoms with van der Waals surface area (Å²) < 4.78 is 41.0. The SMILES string of the molecule is O=S(F)(F)=NCCOc1ccccc1. The Kier molecular flexibility index (Phi) is 3.82. The molecule has 0 amide bonds. The van der Waals surface area contributed by atoms with E-state index in [4.69, 9.17) is 4.74 Å². The minimum absolute atomic E-state index is 0.00512. The Balaban J connectivity index is 2.34. The van der Waals surface area contributed by atoms with Gasteiger partial charge in [0, 0.05) is 0 Å². The molecule has 3 nitrogen and oxygen atoms in total. The van der Waals surface area contributed by atoms with Gasteiger partial charge in [0.1, 0.15) is 12.4 Å². The van der Waals surface area contributed by atoms with Crippen molar-refractivity contribution in [3.8, 4) is 5.75 Å². The fourth-order valence-corrected chi connectivity index (χ4v) is 1.11. The second-order valence-electron chi connectivity index (χ2n) is 2.41. The molecule has 0 atom stereocenters. The van der Waals surface area contributed by atoms with Crippen LogP contribution in [0.4, 0.5) is 7.77 Å². The molecule has 0 radical (unpaired) electrons. The van der Waals surface area contributed by atoms with Gasteiger partial charge >= 0.3 is 10.5 Å². The van der Waals surface area contributed by atoms with Crippen LogP contribution in [0, 0.1) is 0 Å². The van der Waals surface area contributed by atoms with Gasteiger partial charge in [0.15, 0.2) is 0 Å². The van der Waals surface area contributed by atoms with Crippen molar-refractivity contribution < 1.29 is 16.7 Å². The fraction of sp³-hybridized carbons (Fsp3) is 0.250. The van der Waals surface area contributed by atoms with E-state index in [0.29, 0.717) is 5.75 Å². The lowest BCUT2D eigenvalue weighted by Gasteiger charge is -2.02. The number of ether oxygens (including phenoxy) is 1. The average molecular weight is 221 g/mol. The largest absolute Gasteiger partial charge is 0.492 e. The van der Waals surface area contributed by atoms with Gasteiger partial charge in [-0.05, 0) is 12.1 Å². The van der Waals surface area contributed by atoms with Crippen molar-refractivity contribution in [2.75, 3.05) is 13.2 Å². The second kappa shape index (κ2) is 4.90. The number of rotatable bonds is 4. The molecule has 0 bridgehead atoms. The van der Waals surface area contributed by atoms with Gasteiger partial charge in [0.05, 0.1) is 6.54 Å². The minimum atomic E-state index is -4.98. The van der Waals surface area contributed by atoms with Crippen LogP contribution >= 0.6 is 0 Å². The van der Waals surface area contributed by atoms with Crippen molar-refractivity contribution in [1.29, 1.82) is 0 Å². The first-order valence-electron chi connectivity index (χ1n) is 3.88. The van der Waals surface area contributed by atoms with E-state index in [2.05, 4.69) is 4.36 Å². The zero-order chi connectivity index (χ0) is 10.4. The van der Waals surface area contributed by atoms with E-state index >= 15 is 0 Å². The standard InChI is InChI=1S/C8H9F2NO2S/c9-14(10,12)11-6-7-13-8-4-2-1-3-5-8/h1-5H,6-7H2. The summed E-state index contributed by atoms with van der Waals surface area (Å²) in [6.45, 7) is -0.282. The lowest BCUT2D eigenvalue weighted by molar-refractivity contribution is 0.328. The first-order valence-corrected chi connectivity index (χ1v) is 5.19. The molecular formula is C8H9F2NO2S. The summed E-state index contributed by atoms with van der Waals surface area (Å²) in [5.41, 5.74) is 0. The highest BCUT2D eigenvalue weighted by Gasteiger charge is 1.99. The Bertz CT molecular complexity index is 380. The zero-order valence-corrected chi connectivity index (χ0v) is 8.05. The van der Waals surface area contributed by atoms with Gasteiger partial charge in [-0.15, -0.1) is 0 Å². The number of para-hydroxylation sites is 1. The summed E-state index contributed by atoms with van der Waals surface area (Å²) in [4.78, 5) is 0. The average Bonchev–Trinajstić information content (AvgIpc) is 2.13. The summed E-state index contributed by atoms with van der Waals surface area (Å²) in [7, 11) is -4.98. The lowest BCUT2D eigenvalue weighted by Crippen LogP contribution is -2.01. The van der Waals surface area contributed by atoms with Crippen LogP contribution in [0.25, 0.3) is 0 Å². The number of hydrogen-bond donors (Lipinski definition) is 0. The van der Waals surface area contributed by atoms with Gasteiger partial charge in [0.25, 0.3) is 0 Å². The number of hydrogen-bond acceptors (Lipinski definition) is 3. The number of halogens is 2. The van der Waals surface area contributed by atoms with Crippen molar-refractivity contribution in [3.63, 3.8) is 0 Å². The van der Waals surface area contributed by atoms with Crippen molar-refractivity contribution in [2.24, 2.45) is 4.36 Å². The van der Waals surface area contributed by atoms with Crippen LogP contribution in [0.5, 0.6) is 5.75 Å². The third kappa shape index (κ3) is 4.76. The molecule has 0 aliphatic rings. The molecule has 0 aliphatic heterocycles. The molecule has 0 heterocycles. The Hall–Kier alpha value is -1.17.